The molecule has 0 fully saturated rings. The fourth-order valence-corrected chi connectivity index (χ4v) is 1.26. The van der Waals surface area contributed by atoms with Crippen LogP contribution in [0, 0.1) is 17.2 Å². The van der Waals surface area contributed by atoms with Gasteiger partial charge in [0.05, 0.1) is 11.1 Å². The Hall–Kier alpha value is -1.20. The van der Waals surface area contributed by atoms with Gasteiger partial charge in [0, 0.05) is 0 Å². The van der Waals surface area contributed by atoms with E-state index in [2.05, 4.69) is 19.9 Å². The summed E-state index contributed by atoms with van der Waals surface area (Å²) in [5.74, 6) is 0.960. The van der Waals surface area contributed by atoms with Gasteiger partial charge in [-0.15, -0.1) is 0 Å². The normalized spacial score (nSPS) is 12.3. The van der Waals surface area contributed by atoms with Crippen molar-refractivity contribution in [1.82, 2.24) is 0 Å². The van der Waals surface area contributed by atoms with Crippen LogP contribution in [-0.4, -0.2) is 6.10 Å². The highest BCUT2D eigenvalue weighted by Gasteiger charge is 2.13. The first-order chi connectivity index (χ1) is 7.06. The molecule has 0 saturated carbocycles. The molecule has 0 aromatic heterocycles. The number of hydrogen-bond acceptors (Lipinski definition) is 2. The molecule has 0 aliphatic carbocycles. The van der Waals surface area contributed by atoms with Gasteiger partial charge in [0.15, 0.2) is 0 Å². The van der Waals surface area contributed by atoms with Crippen molar-refractivity contribution in [3.63, 3.8) is 0 Å². The molecule has 0 N–H and O–H groups in total. The van der Waals surface area contributed by atoms with Crippen LogP contribution in [0.3, 0.4) is 0 Å². The van der Waals surface area contributed by atoms with Crippen molar-refractivity contribution in [2.45, 2.75) is 26.9 Å². The van der Waals surface area contributed by atoms with Crippen LogP contribution in [0.4, 0.5) is 0 Å². The monoisotopic (exact) mass is 223 g/mol. The van der Waals surface area contributed by atoms with Gasteiger partial charge in [-0.25, -0.2) is 0 Å². The predicted molar refractivity (Wildman–Crippen MR) is 61.1 cm³/mol. The zero-order valence-corrected chi connectivity index (χ0v) is 9.88. The highest BCUT2D eigenvalue weighted by molar-refractivity contribution is 6.31. The summed E-state index contributed by atoms with van der Waals surface area (Å²) in [7, 11) is 0. The van der Waals surface area contributed by atoms with Crippen LogP contribution >= 0.6 is 11.6 Å². The van der Waals surface area contributed by atoms with Crippen molar-refractivity contribution in [2.75, 3.05) is 0 Å². The Balaban J connectivity index is 2.96. The van der Waals surface area contributed by atoms with E-state index in [0.29, 0.717) is 22.3 Å². The molecular formula is C12H14ClNO. The number of benzene rings is 1. The highest BCUT2D eigenvalue weighted by atomic mass is 35.5. The molecule has 1 rings (SSSR count). The molecule has 0 bridgehead atoms. The summed E-state index contributed by atoms with van der Waals surface area (Å²) in [6.07, 6.45) is 0.0653. The molecule has 0 saturated heterocycles. The molecule has 0 aliphatic rings. The largest absolute Gasteiger partial charge is 0.489 e. The number of hydrogen-bond donors (Lipinski definition) is 0. The van der Waals surface area contributed by atoms with E-state index in [4.69, 9.17) is 21.6 Å². The lowest BCUT2D eigenvalue weighted by Gasteiger charge is -2.18. The van der Waals surface area contributed by atoms with Crippen LogP contribution in [0.5, 0.6) is 5.75 Å². The molecule has 0 amide bonds. The van der Waals surface area contributed by atoms with E-state index < -0.39 is 0 Å². The lowest BCUT2D eigenvalue weighted by atomic mass is 10.1. The third-order valence-corrected chi connectivity index (χ3v) is 2.65. The third-order valence-electron chi connectivity index (χ3n) is 2.34. The van der Waals surface area contributed by atoms with Gasteiger partial charge in [-0.2, -0.15) is 5.26 Å². The zero-order chi connectivity index (χ0) is 11.4. The second-order valence-electron chi connectivity index (χ2n) is 3.79. The minimum absolute atomic E-state index is 0.0653. The smallest absolute Gasteiger partial charge is 0.139 e. The molecule has 1 aromatic rings. The molecule has 0 heterocycles. The van der Waals surface area contributed by atoms with Crippen molar-refractivity contribution in [1.29, 1.82) is 5.26 Å². The summed E-state index contributed by atoms with van der Waals surface area (Å²) < 4.78 is 5.67. The van der Waals surface area contributed by atoms with Crippen LogP contribution in [0.25, 0.3) is 0 Å². The van der Waals surface area contributed by atoms with Crippen LogP contribution < -0.4 is 4.74 Å². The van der Waals surface area contributed by atoms with Crippen molar-refractivity contribution >= 4 is 11.6 Å². The predicted octanol–water partition coefficient (Wildman–Crippen LogP) is 3.63. The van der Waals surface area contributed by atoms with Gasteiger partial charge in [0.1, 0.15) is 17.4 Å². The molecule has 1 unspecified atom stereocenters. The Morgan fingerprint density at radius 2 is 2.00 bits per heavy atom. The van der Waals surface area contributed by atoms with Crippen molar-refractivity contribution < 1.29 is 4.74 Å². The Bertz CT molecular complexity index is 382. The van der Waals surface area contributed by atoms with Crippen LogP contribution in [0.1, 0.15) is 26.3 Å². The summed E-state index contributed by atoms with van der Waals surface area (Å²) in [5, 5.41) is 9.37. The second kappa shape index (κ2) is 5.04. The average molecular weight is 224 g/mol. The molecular weight excluding hydrogens is 210 g/mol. The molecule has 0 radical (unpaired) electrons. The number of halogens is 1. The molecule has 0 aliphatic heterocycles. The highest BCUT2D eigenvalue weighted by Crippen LogP contribution is 2.27. The van der Waals surface area contributed by atoms with Gasteiger partial charge in [0.25, 0.3) is 0 Å². The zero-order valence-electron chi connectivity index (χ0n) is 9.12. The van der Waals surface area contributed by atoms with Crippen LogP contribution in [0.2, 0.25) is 5.02 Å². The van der Waals surface area contributed by atoms with E-state index in [1.165, 1.54) is 0 Å². The van der Waals surface area contributed by atoms with Crippen molar-refractivity contribution in [3.05, 3.63) is 28.8 Å². The van der Waals surface area contributed by atoms with Gasteiger partial charge < -0.3 is 4.74 Å². The molecule has 15 heavy (non-hydrogen) atoms. The minimum Gasteiger partial charge on any atom is -0.489 e. The van der Waals surface area contributed by atoms with Gasteiger partial charge in [0.2, 0.25) is 0 Å². The average Bonchev–Trinajstić information content (AvgIpc) is 2.18. The van der Waals surface area contributed by atoms with Gasteiger partial charge in [-0.1, -0.05) is 31.5 Å². The van der Waals surface area contributed by atoms with Gasteiger partial charge in [-0.3, -0.25) is 0 Å². The maximum absolute atomic E-state index is 8.94. The minimum atomic E-state index is 0.0653. The fourth-order valence-electron chi connectivity index (χ4n) is 1.05. The Kier molecular flexibility index (Phi) is 3.99. The number of rotatable bonds is 3. The Morgan fingerprint density at radius 3 is 2.53 bits per heavy atom. The fraction of sp³-hybridized carbons (Fsp3) is 0.417. The molecule has 0 spiro atoms. The Labute approximate surface area is 95.4 Å². The Morgan fingerprint density at radius 1 is 1.33 bits per heavy atom. The lowest BCUT2D eigenvalue weighted by Crippen LogP contribution is -2.19. The molecule has 1 aromatic carbocycles. The van der Waals surface area contributed by atoms with Crippen molar-refractivity contribution in [2.24, 2.45) is 5.92 Å². The topological polar surface area (TPSA) is 33.0 Å². The van der Waals surface area contributed by atoms with Crippen LogP contribution in [-0.2, 0) is 0 Å². The van der Waals surface area contributed by atoms with E-state index >= 15 is 0 Å². The SMILES string of the molecule is CC(C)C(C)Oc1cccc(Cl)c1C#N. The maximum atomic E-state index is 8.94. The number of ether oxygens (including phenoxy) is 1. The summed E-state index contributed by atoms with van der Waals surface area (Å²) in [6.45, 7) is 6.12. The number of nitriles is 1. The van der Waals surface area contributed by atoms with Crippen molar-refractivity contribution in [3.8, 4) is 11.8 Å². The standard InChI is InChI=1S/C12H14ClNO/c1-8(2)9(3)15-12-6-4-5-11(13)10(12)7-14/h4-6,8-9H,1-3H3. The quantitative estimate of drug-likeness (QED) is 0.784. The molecule has 3 heteroatoms. The summed E-state index contributed by atoms with van der Waals surface area (Å²) in [6, 6.07) is 7.29. The third kappa shape index (κ3) is 2.87. The van der Waals surface area contributed by atoms with E-state index in [0.717, 1.165) is 0 Å². The molecule has 80 valence electrons. The first-order valence-electron chi connectivity index (χ1n) is 4.91. The van der Waals surface area contributed by atoms with Crippen LogP contribution in [0.15, 0.2) is 18.2 Å². The number of nitrogens with zero attached hydrogens (tertiary/aromatic N) is 1. The summed E-state index contributed by atoms with van der Waals surface area (Å²) in [5.41, 5.74) is 0.409. The van der Waals surface area contributed by atoms with E-state index in [-0.39, 0.29) is 6.10 Å². The van der Waals surface area contributed by atoms with Gasteiger partial charge in [-0.05, 0) is 25.0 Å². The second-order valence-corrected chi connectivity index (χ2v) is 4.20. The van der Waals surface area contributed by atoms with E-state index in [1.54, 1.807) is 18.2 Å². The summed E-state index contributed by atoms with van der Waals surface area (Å²) >= 11 is 5.89. The first kappa shape index (κ1) is 11.9. The lowest BCUT2D eigenvalue weighted by molar-refractivity contribution is 0.170. The maximum Gasteiger partial charge on any atom is 0.139 e. The molecule has 2 nitrogen and oxygen atoms in total. The van der Waals surface area contributed by atoms with E-state index in [9.17, 15) is 0 Å². The van der Waals surface area contributed by atoms with E-state index in [1.807, 2.05) is 6.92 Å². The first-order valence-corrected chi connectivity index (χ1v) is 5.29. The molecule has 1 atom stereocenters. The van der Waals surface area contributed by atoms with Gasteiger partial charge >= 0.3 is 0 Å². The summed E-state index contributed by atoms with van der Waals surface area (Å²) in [4.78, 5) is 0.